The van der Waals surface area contributed by atoms with E-state index in [4.69, 9.17) is 15.0 Å². The first kappa shape index (κ1) is 62.0. The molecule has 1 saturated carbocycles. The summed E-state index contributed by atoms with van der Waals surface area (Å²) in [4.78, 5) is 16.1. The van der Waals surface area contributed by atoms with Gasteiger partial charge < -0.3 is 0 Å². The van der Waals surface area contributed by atoms with Crippen LogP contribution in [-0.4, -0.2) is 15.0 Å². The summed E-state index contributed by atoms with van der Waals surface area (Å²) in [6.45, 7) is 28.6. The van der Waals surface area contributed by atoms with Gasteiger partial charge in [-0.05, 0) is 191 Å². The molecule has 2 aliphatic carbocycles. The van der Waals surface area contributed by atoms with Crippen molar-refractivity contribution in [2.75, 3.05) is 0 Å². The fourth-order valence-corrected chi connectivity index (χ4v) is 15.8. The normalized spacial score (nSPS) is 17.6. The van der Waals surface area contributed by atoms with Gasteiger partial charge in [0.15, 0.2) is 0 Å². The van der Waals surface area contributed by atoms with Crippen LogP contribution in [-0.2, 0) is 21.7 Å². The highest BCUT2D eigenvalue weighted by Gasteiger charge is 2.56. The molecular weight excluding hydrogens is 1230 g/mol. The molecule has 0 amide bonds. The fraction of sp³-hybridized carbons (Fsp3) is 0.267. The molecule has 1 fully saturated rings. The van der Waals surface area contributed by atoms with Crippen molar-refractivity contribution in [1.82, 2.24) is 15.0 Å². The lowest BCUT2D eigenvalue weighted by molar-refractivity contribution is 0.125. The zero-order valence-corrected chi connectivity index (χ0v) is 58.1. The number of hydrogen-bond acceptors (Lipinski definition) is 3. The molecule has 3 aromatic heterocycles. The van der Waals surface area contributed by atoms with E-state index >= 15 is 0 Å². The summed E-state index contributed by atoms with van der Waals surface area (Å²) in [5, 5.41) is 0. The molecule has 3 heterocycles. The van der Waals surface area contributed by atoms with Gasteiger partial charge >= 0.3 is 0 Å². The third kappa shape index (κ3) is 11.7. The molecule has 2 aliphatic rings. The van der Waals surface area contributed by atoms with Crippen molar-refractivity contribution in [1.29, 1.82) is 0 Å². The molecule has 2 unspecified atom stereocenters. The Morgan fingerprint density at radius 1 is 0.319 bits per heavy atom. The summed E-state index contributed by atoms with van der Waals surface area (Å²) in [6, 6.07) is 79.3. The van der Waals surface area contributed by atoms with Crippen molar-refractivity contribution in [2.24, 2.45) is 5.41 Å². The van der Waals surface area contributed by atoms with Gasteiger partial charge in [-0.1, -0.05) is 279 Å². The fourth-order valence-electron chi connectivity index (χ4n) is 15.0. The number of benzene rings is 8. The average molecular weight is 1320 g/mol. The average Bonchev–Trinajstić information content (AvgIpc) is 1.56. The molecule has 11 aromatic rings. The van der Waals surface area contributed by atoms with E-state index in [-0.39, 0.29) is 44.8 Å². The van der Waals surface area contributed by atoms with Crippen LogP contribution in [0.5, 0.6) is 0 Å². The van der Waals surface area contributed by atoms with Gasteiger partial charge in [0.05, 0.1) is 17.1 Å². The quantitative estimate of drug-likeness (QED) is 0.130. The molecule has 5 heteroatoms. The maximum atomic E-state index is 5.36. The highest BCUT2D eigenvalue weighted by molar-refractivity contribution is 9.10. The van der Waals surface area contributed by atoms with Gasteiger partial charge in [-0.2, -0.15) is 0 Å². The lowest BCUT2D eigenvalue weighted by Gasteiger charge is -2.44. The summed E-state index contributed by atoms with van der Waals surface area (Å²) in [5.74, 6) is 0.510. The minimum absolute atomic E-state index is 0.000958. The van der Waals surface area contributed by atoms with Crippen molar-refractivity contribution in [3.05, 3.63) is 279 Å². The molecule has 13 rings (SSSR count). The maximum absolute atomic E-state index is 5.36. The number of fused-ring (bicyclic) bond motifs is 1. The Hall–Kier alpha value is -7.83. The number of rotatable bonds is 11. The summed E-state index contributed by atoms with van der Waals surface area (Å²) < 4.78 is 2.06. The molecular formula is C86H83Br2N3. The van der Waals surface area contributed by atoms with Crippen molar-refractivity contribution < 1.29 is 0 Å². The predicted molar refractivity (Wildman–Crippen MR) is 391 cm³/mol. The first-order valence-corrected chi connectivity index (χ1v) is 34.2. The number of halogens is 2. The van der Waals surface area contributed by atoms with Gasteiger partial charge in [-0.3, -0.25) is 15.0 Å². The molecule has 0 saturated heterocycles. The number of nitrogens with zero attached hydrogens (tertiary/aromatic N) is 3. The Balaban J connectivity index is 0.992. The van der Waals surface area contributed by atoms with Crippen LogP contribution in [0.2, 0.25) is 0 Å². The molecule has 3 nitrogen and oxygen atoms in total. The van der Waals surface area contributed by atoms with Gasteiger partial charge in [-0.15, -0.1) is 0 Å². The lowest BCUT2D eigenvalue weighted by Crippen LogP contribution is -2.42. The lowest BCUT2D eigenvalue weighted by atomic mass is 9.59. The van der Waals surface area contributed by atoms with Gasteiger partial charge in [0.1, 0.15) is 0 Å². The summed E-state index contributed by atoms with van der Waals surface area (Å²) in [6.07, 6.45) is 9.36. The van der Waals surface area contributed by atoms with Crippen LogP contribution in [0, 0.1) is 5.41 Å². The molecule has 8 aromatic carbocycles. The first-order chi connectivity index (χ1) is 43.4. The first-order valence-electron chi connectivity index (χ1n) is 32.6. The largest absolute Gasteiger partial charge is 0.256 e. The summed E-state index contributed by atoms with van der Waals surface area (Å²) in [7, 11) is 0. The Morgan fingerprint density at radius 2 is 0.736 bits per heavy atom. The Morgan fingerprint density at radius 3 is 1.20 bits per heavy atom. The van der Waals surface area contributed by atoms with E-state index in [2.05, 4.69) is 346 Å². The van der Waals surface area contributed by atoms with E-state index in [1.54, 1.807) is 0 Å². The standard InChI is InChI=1S/C86H83Br2N3/c1-82(2,3)63-35-37-69(73(47-63)75-52-90-80(56-27-21-29-65(87)44-56)49-71(75)54-23-15-13-16-24-54)61-41-60(68-32-20-19-31-67(68)59-34-40-79(89-51-59)58-33-39-77-78(46-58)85(9,10)86(11,12)84(77,7)8)42-62(43-61)70-38-36-64(83(4,5)6)48-74(70)76-53-91-81(57-28-22-30-66(88)45-57)50-72(76)55-25-17-14-18-26-55/h13-40,44-53,60-62H,41-43H2,1-12H3. The molecule has 0 bridgehead atoms. The monoisotopic (exact) mass is 1320 g/mol. The van der Waals surface area contributed by atoms with Gasteiger partial charge in [0.2, 0.25) is 0 Å². The highest BCUT2D eigenvalue weighted by atomic mass is 79.9. The third-order valence-electron chi connectivity index (χ3n) is 21.5. The zero-order valence-electron chi connectivity index (χ0n) is 54.9. The van der Waals surface area contributed by atoms with Crippen LogP contribution in [0.4, 0.5) is 0 Å². The molecule has 456 valence electrons. The van der Waals surface area contributed by atoms with Crippen molar-refractivity contribution in [3.8, 4) is 89.4 Å². The van der Waals surface area contributed by atoms with Crippen LogP contribution >= 0.6 is 31.9 Å². The van der Waals surface area contributed by atoms with Crippen molar-refractivity contribution >= 4 is 31.9 Å². The smallest absolute Gasteiger partial charge is 0.0709 e. The van der Waals surface area contributed by atoms with Crippen molar-refractivity contribution in [2.45, 2.75) is 142 Å². The second-order valence-corrected chi connectivity index (χ2v) is 31.4. The molecule has 0 spiro atoms. The van der Waals surface area contributed by atoms with E-state index in [9.17, 15) is 0 Å². The number of hydrogen-bond donors (Lipinski definition) is 0. The van der Waals surface area contributed by atoms with E-state index in [1.807, 2.05) is 0 Å². The topological polar surface area (TPSA) is 38.7 Å². The van der Waals surface area contributed by atoms with E-state index in [1.165, 1.54) is 83.5 Å². The van der Waals surface area contributed by atoms with E-state index in [0.29, 0.717) is 0 Å². The summed E-state index contributed by atoms with van der Waals surface area (Å²) in [5.41, 5.74) is 27.6. The summed E-state index contributed by atoms with van der Waals surface area (Å²) >= 11 is 7.53. The Kier molecular flexibility index (Phi) is 16.4. The van der Waals surface area contributed by atoms with Gasteiger partial charge in [0.25, 0.3) is 0 Å². The predicted octanol–water partition coefficient (Wildman–Crippen LogP) is 24.8. The van der Waals surface area contributed by atoms with Crippen LogP contribution in [0.25, 0.3) is 89.4 Å². The van der Waals surface area contributed by atoms with Crippen LogP contribution in [0.3, 0.4) is 0 Å². The number of pyridine rings is 3. The SMILES string of the molecule is CC(C)(C)c1ccc(C2CC(c3ccccc3-c3ccc(-c4ccc5c(c4)C(C)(C)C(C)(C)C5(C)C)nc3)CC(c3ccc(C(C)(C)C)cc3-c3cnc(-c4cccc(Br)c4)cc3-c3ccccc3)C2)c(-c2cnc(-c3cccc(Br)c3)cc2-c2ccccc2)c1. The van der Waals surface area contributed by atoms with E-state index < -0.39 is 0 Å². The minimum atomic E-state index is -0.101. The van der Waals surface area contributed by atoms with Crippen LogP contribution < -0.4 is 0 Å². The maximum Gasteiger partial charge on any atom is 0.0709 e. The second kappa shape index (κ2) is 24.0. The van der Waals surface area contributed by atoms with Crippen molar-refractivity contribution in [3.63, 3.8) is 0 Å². The zero-order chi connectivity index (χ0) is 63.8. The third-order valence-corrected chi connectivity index (χ3v) is 22.5. The van der Waals surface area contributed by atoms with E-state index in [0.717, 1.165) is 73.1 Å². The molecule has 91 heavy (non-hydrogen) atoms. The van der Waals surface area contributed by atoms with Gasteiger partial charge in [-0.25, -0.2) is 0 Å². The highest BCUT2D eigenvalue weighted by Crippen LogP contribution is 2.62. The second-order valence-electron chi connectivity index (χ2n) is 29.5. The van der Waals surface area contributed by atoms with Gasteiger partial charge in [0, 0.05) is 60.9 Å². The number of aromatic nitrogens is 3. The minimum Gasteiger partial charge on any atom is -0.256 e. The molecule has 0 radical (unpaired) electrons. The molecule has 2 atom stereocenters. The Bertz CT molecular complexity index is 4320. The Labute approximate surface area is 558 Å². The molecule has 0 aliphatic heterocycles. The van der Waals surface area contributed by atoms with Crippen LogP contribution in [0.1, 0.15) is 159 Å². The van der Waals surface area contributed by atoms with Crippen LogP contribution in [0.15, 0.2) is 240 Å². The molecule has 0 N–H and O–H groups in total.